The zero-order chi connectivity index (χ0) is 16.4. The summed E-state index contributed by atoms with van der Waals surface area (Å²) in [5.41, 5.74) is 1.78. The van der Waals surface area contributed by atoms with Crippen LogP contribution in [0.4, 0.5) is 0 Å². The van der Waals surface area contributed by atoms with Crippen molar-refractivity contribution in [3.8, 4) is 11.6 Å². The topological polar surface area (TPSA) is 44.2 Å². The molecule has 1 aliphatic carbocycles. The normalized spacial score (nSPS) is 13.9. The Labute approximate surface area is 145 Å². The molecule has 3 aromatic rings. The van der Waals surface area contributed by atoms with Gasteiger partial charge in [-0.2, -0.15) is 4.98 Å². The summed E-state index contributed by atoms with van der Waals surface area (Å²) in [5, 5.41) is 1.72. The van der Waals surface area contributed by atoms with Gasteiger partial charge in [0.1, 0.15) is 12.4 Å². The number of benzene rings is 1. The van der Waals surface area contributed by atoms with E-state index in [0.717, 1.165) is 21.9 Å². The largest absolute Gasteiger partial charge is 0.488 e. The molecule has 0 spiro atoms. The second-order valence-electron chi connectivity index (χ2n) is 5.78. The molecule has 0 N–H and O–H groups in total. The van der Waals surface area contributed by atoms with Crippen molar-refractivity contribution in [1.29, 1.82) is 0 Å². The molecule has 2 heterocycles. The van der Waals surface area contributed by atoms with Crippen LogP contribution in [0.5, 0.6) is 11.6 Å². The van der Waals surface area contributed by atoms with Gasteiger partial charge in [0.2, 0.25) is 5.88 Å². The molecule has 0 atom stereocenters. The molecule has 0 bridgehead atoms. The Morgan fingerprint density at radius 2 is 1.92 bits per heavy atom. The molecule has 1 fully saturated rings. The Kier molecular flexibility index (Phi) is 4.26. The standard InChI is InChI=1S/C19H18N2O2S/c1-22-18-9-8-16-17(10-11-20-19(16)21-18)23-12-13-2-4-14(5-3-13)24-15-6-7-15/h2-5,8-11,15H,6-7,12H2,1H3. The average Bonchev–Trinajstić information content (AvgIpc) is 3.44. The molecule has 0 amide bonds. The van der Waals surface area contributed by atoms with Crippen molar-refractivity contribution in [2.75, 3.05) is 7.11 Å². The van der Waals surface area contributed by atoms with Crippen LogP contribution in [0.1, 0.15) is 18.4 Å². The summed E-state index contributed by atoms with van der Waals surface area (Å²) in [6.45, 7) is 0.527. The van der Waals surface area contributed by atoms with Gasteiger partial charge >= 0.3 is 0 Å². The maximum Gasteiger partial charge on any atom is 0.215 e. The number of rotatable bonds is 6. The fourth-order valence-corrected chi connectivity index (χ4v) is 3.48. The van der Waals surface area contributed by atoms with E-state index in [1.807, 2.05) is 30.0 Å². The van der Waals surface area contributed by atoms with Crippen LogP contribution in [0.3, 0.4) is 0 Å². The number of aromatic nitrogens is 2. The zero-order valence-electron chi connectivity index (χ0n) is 13.4. The van der Waals surface area contributed by atoms with Crippen molar-refractivity contribution in [3.05, 3.63) is 54.2 Å². The summed E-state index contributed by atoms with van der Waals surface area (Å²) in [4.78, 5) is 9.95. The first-order chi connectivity index (χ1) is 11.8. The van der Waals surface area contributed by atoms with E-state index in [4.69, 9.17) is 9.47 Å². The van der Waals surface area contributed by atoms with Gasteiger partial charge in [0.15, 0.2) is 5.65 Å². The lowest BCUT2D eigenvalue weighted by Gasteiger charge is -2.10. The van der Waals surface area contributed by atoms with Crippen molar-refractivity contribution < 1.29 is 9.47 Å². The van der Waals surface area contributed by atoms with E-state index in [9.17, 15) is 0 Å². The Morgan fingerprint density at radius 1 is 1.08 bits per heavy atom. The van der Waals surface area contributed by atoms with E-state index in [-0.39, 0.29) is 0 Å². The monoisotopic (exact) mass is 338 g/mol. The molecule has 0 unspecified atom stereocenters. The molecule has 122 valence electrons. The molecule has 4 rings (SSSR count). The number of pyridine rings is 2. The van der Waals surface area contributed by atoms with Gasteiger partial charge in [0.25, 0.3) is 0 Å². The van der Waals surface area contributed by atoms with Gasteiger partial charge < -0.3 is 9.47 Å². The molecule has 0 radical (unpaired) electrons. The molecule has 0 aliphatic heterocycles. The van der Waals surface area contributed by atoms with Crippen LogP contribution in [-0.4, -0.2) is 22.3 Å². The summed E-state index contributed by atoms with van der Waals surface area (Å²) in [6.07, 6.45) is 4.41. The van der Waals surface area contributed by atoms with E-state index in [1.165, 1.54) is 17.7 Å². The summed E-state index contributed by atoms with van der Waals surface area (Å²) in [7, 11) is 1.60. The molecule has 24 heavy (non-hydrogen) atoms. The highest BCUT2D eigenvalue weighted by Crippen LogP contribution is 2.39. The number of ether oxygens (including phenoxy) is 2. The smallest absolute Gasteiger partial charge is 0.215 e. The Bertz CT molecular complexity index is 848. The minimum absolute atomic E-state index is 0.527. The lowest BCUT2D eigenvalue weighted by Crippen LogP contribution is -1.97. The average molecular weight is 338 g/mol. The van der Waals surface area contributed by atoms with E-state index < -0.39 is 0 Å². The summed E-state index contributed by atoms with van der Waals surface area (Å²) in [5.74, 6) is 1.34. The third-order valence-electron chi connectivity index (χ3n) is 3.89. The Hall–Kier alpha value is -2.27. The van der Waals surface area contributed by atoms with Crippen LogP contribution in [0.15, 0.2) is 53.6 Å². The number of hydrogen-bond acceptors (Lipinski definition) is 5. The lowest BCUT2D eigenvalue weighted by molar-refractivity contribution is 0.309. The van der Waals surface area contributed by atoms with Gasteiger partial charge in [-0.1, -0.05) is 12.1 Å². The van der Waals surface area contributed by atoms with E-state index >= 15 is 0 Å². The van der Waals surface area contributed by atoms with Gasteiger partial charge in [0.05, 0.1) is 12.5 Å². The molecule has 1 aromatic carbocycles. The number of fused-ring (bicyclic) bond motifs is 1. The highest BCUT2D eigenvalue weighted by Gasteiger charge is 2.22. The minimum atomic E-state index is 0.527. The first-order valence-corrected chi connectivity index (χ1v) is 8.88. The van der Waals surface area contributed by atoms with Gasteiger partial charge in [-0.3, -0.25) is 0 Å². The van der Waals surface area contributed by atoms with Gasteiger partial charge in [-0.15, -0.1) is 11.8 Å². The summed E-state index contributed by atoms with van der Waals surface area (Å²) >= 11 is 1.97. The quantitative estimate of drug-likeness (QED) is 0.663. The van der Waals surface area contributed by atoms with Gasteiger partial charge in [0, 0.05) is 22.4 Å². The Morgan fingerprint density at radius 3 is 2.67 bits per heavy atom. The van der Waals surface area contributed by atoms with Crippen LogP contribution < -0.4 is 9.47 Å². The zero-order valence-corrected chi connectivity index (χ0v) is 14.3. The van der Waals surface area contributed by atoms with Crippen LogP contribution in [0, 0.1) is 0 Å². The van der Waals surface area contributed by atoms with Gasteiger partial charge in [-0.25, -0.2) is 4.98 Å². The molecule has 5 heteroatoms. The van der Waals surface area contributed by atoms with Crippen LogP contribution in [-0.2, 0) is 6.61 Å². The SMILES string of the molecule is COc1ccc2c(OCc3ccc(SC4CC4)cc3)ccnc2n1. The molecular formula is C19H18N2O2S. The van der Waals surface area contributed by atoms with Gasteiger partial charge in [-0.05, 0) is 42.7 Å². The fourth-order valence-electron chi connectivity index (χ4n) is 2.43. The van der Waals surface area contributed by atoms with Crippen molar-refractivity contribution in [3.63, 3.8) is 0 Å². The van der Waals surface area contributed by atoms with E-state index in [0.29, 0.717) is 18.1 Å². The number of methoxy groups -OCH3 is 1. The summed E-state index contributed by atoms with van der Waals surface area (Å²) in [6, 6.07) is 14.2. The third-order valence-corrected chi connectivity index (χ3v) is 5.24. The predicted molar refractivity (Wildman–Crippen MR) is 95.7 cm³/mol. The second-order valence-corrected chi connectivity index (χ2v) is 7.16. The molecule has 2 aromatic heterocycles. The van der Waals surface area contributed by atoms with E-state index in [1.54, 1.807) is 13.3 Å². The molecule has 0 saturated heterocycles. The fraction of sp³-hybridized carbons (Fsp3) is 0.263. The van der Waals surface area contributed by atoms with Crippen molar-refractivity contribution in [2.24, 2.45) is 0 Å². The Balaban J connectivity index is 1.47. The molecule has 1 aliphatic rings. The van der Waals surface area contributed by atoms with Crippen molar-refractivity contribution in [2.45, 2.75) is 29.6 Å². The maximum absolute atomic E-state index is 5.98. The number of nitrogens with zero attached hydrogens (tertiary/aromatic N) is 2. The highest BCUT2D eigenvalue weighted by molar-refractivity contribution is 8.00. The first kappa shape index (κ1) is 15.3. The first-order valence-electron chi connectivity index (χ1n) is 8.00. The number of thioether (sulfide) groups is 1. The maximum atomic E-state index is 5.98. The van der Waals surface area contributed by atoms with Crippen LogP contribution in [0.25, 0.3) is 11.0 Å². The van der Waals surface area contributed by atoms with Crippen LogP contribution in [0.2, 0.25) is 0 Å². The third kappa shape index (κ3) is 3.46. The number of hydrogen-bond donors (Lipinski definition) is 0. The van der Waals surface area contributed by atoms with Crippen molar-refractivity contribution in [1.82, 2.24) is 9.97 Å². The predicted octanol–water partition coefficient (Wildman–Crippen LogP) is 4.47. The minimum Gasteiger partial charge on any atom is -0.488 e. The molecular weight excluding hydrogens is 320 g/mol. The second kappa shape index (κ2) is 6.69. The highest BCUT2D eigenvalue weighted by atomic mass is 32.2. The molecule has 1 saturated carbocycles. The summed E-state index contributed by atoms with van der Waals surface area (Å²) < 4.78 is 11.1. The van der Waals surface area contributed by atoms with Crippen molar-refractivity contribution >= 4 is 22.8 Å². The molecule has 4 nitrogen and oxygen atoms in total. The van der Waals surface area contributed by atoms with E-state index in [2.05, 4.69) is 34.2 Å². The van der Waals surface area contributed by atoms with Crippen LogP contribution >= 0.6 is 11.8 Å². The lowest BCUT2D eigenvalue weighted by atomic mass is 10.2.